The third kappa shape index (κ3) is 5.45. The number of alkyl halides is 3. The van der Waals surface area contributed by atoms with Gasteiger partial charge in [-0.3, -0.25) is 9.52 Å². The van der Waals surface area contributed by atoms with Crippen LogP contribution < -0.4 is 10.0 Å². The minimum absolute atomic E-state index is 0.0367. The van der Waals surface area contributed by atoms with Gasteiger partial charge in [0, 0.05) is 23.3 Å². The van der Waals surface area contributed by atoms with Gasteiger partial charge in [0.2, 0.25) is 5.91 Å². The van der Waals surface area contributed by atoms with Crippen LogP contribution in [0, 0.1) is 0 Å². The predicted octanol–water partition coefficient (Wildman–Crippen LogP) is 4.61. The molecule has 6 nitrogen and oxygen atoms in total. The van der Waals surface area contributed by atoms with E-state index in [1.165, 1.54) is 48.7 Å². The molecule has 2 aromatic carbocycles. The lowest BCUT2D eigenvalue weighted by Gasteiger charge is -2.09. The molecule has 30 heavy (non-hydrogen) atoms. The van der Waals surface area contributed by atoms with Crippen LogP contribution in [0.1, 0.15) is 11.1 Å². The van der Waals surface area contributed by atoms with Gasteiger partial charge in [0.1, 0.15) is 0 Å². The number of amides is 1. The molecule has 1 heterocycles. The maximum Gasteiger partial charge on any atom is 0.416 e. The molecule has 0 fully saturated rings. The van der Waals surface area contributed by atoms with Crippen LogP contribution in [0.4, 0.5) is 24.0 Å². The molecule has 0 aliphatic heterocycles. The van der Waals surface area contributed by atoms with Crippen LogP contribution in [0.25, 0.3) is 6.08 Å². The summed E-state index contributed by atoms with van der Waals surface area (Å²) in [6.07, 6.45) is -1.04. The third-order valence-electron chi connectivity index (χ3n) is 3.77. The Morgan fingerprint density at radius 3 is 2.40 bits per heavy atom. The van der Waals surface area contributed by atoms with Crippen LogP contribution in [0.3, 0.4) is 0 Å². The van der Waals surface area contributed by atoms with Crippen LogP contribution in [0.5, 0.6) is 0 Å². The maximum atomic E-state index is 13.0. The van der Waals surface area contributed by atoms with E-state index in [2.05, 4.69) is 15.0 Å². The molecule has 0 aliphatic carbocycles. The van der Waals surface area contributed by atoms with Crippen molar-refractivity contribution >= 4 is 44.2 Å². The first-order valence-corrected chi connectivity index (χ1v) is 10.7. The monoisotopic (exact) mass is 453 g/mol. The van der Waals surface area contributed by atoms with Gasteiger partial charge in [-0.2, -0.15) is 13.2 Å². The highest BCUT2D eigenvalue weighted by Gasteiger charge is 2.32. The fourth-order valence-electron chi connectivity index (χ4n) is 2.42. The predicted molar refractivity (Wildman–Crippen MR) is 108 cm³/mol. The molecule has 156 valence electrons. The van der Waals surface area contributed by atoms with Gasteiger partial charge >= 0.3 is 6.18 Å². The van der Waals surface area contributed by atoms with Gasteiger partial charge in [-0.25, -0.2) is 13.4 Å². The molecule has 1 amide bonds. The molecule has 11 heteroatoms. The van der Waals surface area contributed by atoms with Crippen molar-refractivity contribution < 1.29 is 26.4 Å². The van der Waals surface area contributed by atoms with Gasteiger partial charge in [-0.15, -0.1) is 11.3 Å². The molecule has 0 spiro atoms. The van der Waals surface area contributed by atoms with E-state index in [-0.39, 0.29) is 21.3 Å². The van der Waals surface area contributed by atoms with E-state index in [9.17, 15) is 26.4 Å². The van der Waals surface area contributed by atoms with E-state index in [4.69, 9.17) is 0 Å². The summed E-state index contributed by atoms with van der Waals surface area (Å²) in [6, 6.07) is 10.2. The molecule has 0 atom stereocenters. The normalized spacial score (nSPS) is 12.1. The molecular weight excluding hydrogens is 439 g/mol. The molecule has 0 aliphatic rings. The van der Waals surface area contributed by atoms with E-state index in [1.807, 2.05) is 0 Å². The standard InChI is InChI=1S/C19H14F3N3O3S2/c20-19(21,22)16-4-2-1-3-13(16)5-10-17(26)24-14-6-8-15(9-7-14)30(27,28)25-18-23-11-12-29-18/h1-12H,(H,23,25)(H,24,26). The van der Waals surface area contributed by atoms with Gasteiger partial charge in [0.15, 0.2) is 5.13 Å². The van der Waals surface area contributed by atoms with Crippen molar-refractivity contribution in [1.82, 2.24) is 4.98 Å². The second-order valence-electron chi connectivity index (χ2n) is 5.87. The van der Waals surface area contributed by atoms with Crippen molar-refractivity contribution in [3.05, 3.63) is 77.3 Å². The molecule has 1 aromatic heterocycles. The van der Waals surface area contributed by atoms with E-state index >= 15 is 0 Å². The maximum absolute atomic E-state index is 13.0. The number of nitrogens with one attached hydrogen (secondary N) is 2. The molecule has 0 unspecified atom stereocenters. The number of carbonyl (C=O) groups excluding carboxylic acids is 1. The lowest BCUT2D eigenvalue weighted by atomic mass is 10.1. The summed E-state index contributed by atoms with van der Waals surface area (Å²) in [5, 5.41) is 4.30. The number of thiazole rings is 1. The molecule has 0 saturated carbocycles. The van der Waals surface area contributed by atoms with Gasteiger partial charge in [0.05, 0.1) is 10.5 Å². The number of carbonyl (C=O) groups is 1. The van der Waals surface area contributed by atoms with Crippen LogP contribution in [-0.4, -0.2) is 19.3 Å². The van der Waals surface area contributed by atoms with Crippen LogP contribution in [-0.2, 0) is 21.0 Å². The average molecular weight is 453 g/mol. The topological polar surface area (TPSA) is 88.2 Å². The Balaban J connectivity index is 1.68. The smallest absolute Gasteiger partial charge is 0.323 e. The average Bonchev–Trinajstić information content (AvgIpc) is 3.18. The zero-order chi connectivity index (χ0) is 21.8. The summed E-state index contributed by atoms with van der Waals surface area (Å²) in [5.74, 6) is -0.663. The number of sulfonamides is 1. The summed E-state index contributed by atoms with van der Waals surface area (Å²) in [6.45, 7) is 0. The number of anilines is 2. The Morgan fingerprint density at radius 2 is 1.77 bits per heavy atom. The second-order valence-corrected chi connectivity index (χ2v) is 8.45. The second kappa shape index (κ2) is 8.67. The lowest BCUT2D eigenvalue weighted by molar-refractivity contribution is -0.137. The zero-order valence-electron chi connectivity index (χ0n) is 15.1. The van der Waals surface area contributed by atoms with Crippen molar-refractivity contribution in [3.8, 4) is 0 Å². The molecular formula is C19H14F3N3O3S2. The van der Waals surface area contributed by atoms with Crippen LogP contribution in [0.2, 0.25) is 0 Å². The van der Waals surface area contributed by atoms with E-state index in [1.54, 1.807) is 5.38 Å². The highest BCUT2D eigenvalue weighted by atomic mass is 32.2. The Labute approximate surface area is 174 Å². The lowest BCUT2D eigenvalue weighted by Crippen LogP contribution is -2.13. The fourth-order valence-corrected chi connectivity index (χ4v) is 4.20. The van der Waals surface area contributed by atoms with E-state index in [0.29, 0.717) is 0 Å². The minimum Gasteiger partial charge on any atom is -0.323 e. The van der Waals surface area contributed by atoms with E-state index in [0.717, 1.165) is 29.6 Å². The Kier molecular flexibility index (Phi) is 6.22. The van der Waals surface area contributed by atoms with Crippen molar-refractivity contribution in [2.75, 3.05) is 10.0 Å². The Hall–Kier alpha value is -3.18. The van der Waals surface area contributed by atoms with Crippen molar-refractivity contribution in [1.29, 1.82) is 0 Å². The van der Waals surface area contributed by atoms with Crippen molar-refractivity contribution in [3.63, 3.8) is 0 Å². The number of hydrogen-bond donors (Lipinski definition) is 2. The summed E-state index contributed by atoms with van der Waals surface area (Å²) in [7, 11) is -3.83. The third-order valence-corrected chi connectivity index (χ3v) is 5.94. The summed E-state index contributed by atoms with van der Waals surface area (Å²) < 4.78 is 65.8. The number of nitrogens with zero attached hydrogens (tertiary/aromatic N) is 1. The Morgan fingerprint density at radius 1 is 1.07 bits per heavy atom. The quantitative estimate of drug-likeness (QED) is 0.534. The van der Waals surface area contributed by atoms with Crippen molar-refractivity contribution in [2.24, 2.45) is 0 Å². The molecule has 0 radical (unpaired) electrons. The largest absolute Gasteiger partial charge is 0.416 e. The van der Waals surface area contributed by atoms with Gasteiger partial charge < -0.3 is 5.32 Å². The van der Waals surface area contributed by atoms with Crippen LogP contribution >= 0.6 is 11.3 Å². The van der Waals surface area contributed by atoms with E-state index < -0.39 is 27.7 Å². The molecule has 2 N–H and O–H groups in total. The highest BCUT2D eigenvalue weighted by Crippen LogP contribution is 2.32. The summed E-state index contributed by atoms with van der Waals surface area (Å²) in [4.78, 5) is 15.8. The highest BCUT2D eigenvalue weighted by molar-refractivity contribution is 7.93. The number of benzene rings is 2. The zero-order valence-corrected chi connectivity index (χ0v) is 16.7. The molecule has 3 aromatic rings. The summed E-state index contributed by atoms with van der Waals surface area (Å²) >= 11 is 1.13. The van der Waals surface area contributed by atoms with Gasteiger partial charge in [-0.1, -0.05) is 18.2 Å². The number of aromatic nitrogens is 1. The van der Waals surface area contributed by atoms with Gasteiger partial charge in [0.25, 0.3) is 10.0 Å². The SMILES string of the molecule is O=C(C=Cc1ccccc1C(F)(F)F)Nc1ccc(S(=O)(=O)Nc2nccs2)cc1. The minimum atomic E-state index is -4.54. The first-order chi connectivity index (χ1) is 14.1. The summed E-state index contributed by atoms with van der Waals surface area (Å²) in [5.41, 5.74) is -0.715. The molecule has 0 bridgehead atoms. The fraction of sp³-hybridized carbons (Fsp3) is 0.0526. The van der Waals surface area contributed by atoms with Crippen LogP contribution in [0.15, 0.2) is 71.1 Å². The molecule has 0 saturated heterocycles. The number of halogens is 3. The number of hydrogen-bond acceptors (Lipinski definition) is 5. The Bertz CT molecular complexity index is 1160. The van der Waals surface area contributed by atoms with Crippen molar-refractivity contribution in [2.45, 2.75) is 11.1 Å². The number of rotatable bonds is 6. The first-order valence-electron chi connectivity index (χ1n) is 8.33. The molecule has 3 rings (SSSR count). The van der Waals surface area contributed by atoms with Gasteiger partial charge in [-0.05, 0) is 42.0 Å². The first kappa shape index (κ1) is 21.5.